The number of phenolic OH excluding ortho intramolecular Hbond substituents is 2. The van der Waals surface area contributed by atoms with Gasteiger partial charge in [-0.05, 0) is 25.0 Å². The van der Waals surface area contributed by atoms with Crippen LogP contribution in [0.5, 0.6) is 11.5 Å². The Bertz CT molecular complexity index is 313. The van der Waals surface area contributed by atoms with Crippen LogP contribution in [0.1, 0.15) is 12.5 Å². The van der Waals surface area contributed by atoms with Gasteiger partial charge in [-0.2, -0.15) is 0 Å². The molecule has 3 nitrogen and oxygen atoms in total. The van der Waals surface area contributed by atoms with Gasteiger partial charge in [-0.3, -0.25) is 0 Å². The number of nitrogens with two attached hydrogens (primary N) is 1. The Kier molecular flexibility index (Phi) is 3.01. The van der Waals surface area contributed by atoms with Crippen molar-refractivity contribution in [2.45, 2.75) is 19.4 Å². The number of phenols is 2. The van der Waals surface area contributed by atoms with Crippen LogP contribution in [0.25, 0.3) is 0 Å². The molecule has 0 bridgehead atoms. The maximum atomic E-state index is 9.28. The van der Waals surface area contributed by atoms with Gasteiger partial charge in [0.2, 0.25) is 0 Å². The molecule has 0 unspecified atom stereocenters. The van der Waals surface area contributed by atoms with E-state index in [1.165, 1.54) is 6.07 Å². The predicted octanol–water partition coefficient (Wildman–Crippen LogP) is 1.64. The highest BCUT2D eigenvalue weighted by Gasteiger charge is 2.10. The third-order valence-electron chi connectivity index (χ3n) is 1.72. The topological polar surface area (TPSA) is 66.5 Å². The summed E-state index contributed by atoms with van der Waals surface area (Å²) in [5.41, 5.74) is 6.32. The van der Waals surface area contributed by atoms with Crippen LogP contribution in [0.4, 0.5) is 0 Å². The van der Waals surface area contributed by atoms with Crippen molar-refractivity contribution in [2.75, 3.05) is 0 Å². The Balaban J connectivity index is 3.04. The molecule has 0 spiro atoms. The van der Waals surface area contributed by atoms with Gasteiger partial charge >= 0.3 is 0 Å². The Labute approximate surface area is 81.8 Å². The highest BCUT2D eigenvalue weighted by molar-refractivity contribution is 6.33. The van der Waals surface area contributed by atoms with Crippen LogP contribution in [-0.4, -0.2) is 16.3 Å². The molecular weight excluding hydrogens is 190 g/mol. The molecule has 0 aliphatic heterocycles. The summed E-state index contributed by atoms with van der Waals surface area (Å²) in [7, 11) is 0. The van der Waals surface area contributed by atoms with E-state index < -0.39 is 0 Å². The fraction of sp³-hybridized carbons (Fsp3) is 0.333. The van der Waals surface area contributed by atoms with Crippen molar-refractivity contribution in [3.05, 3.63) is 22.7 Å². The molecular formula is C9H12ClNO2. The van der Waals surface area contributed by atoms with Crippen LogP contribution < -0.4 is 5.73 Å². The van der Waals surface area contributed by atoms with E-state index >= 15 is 0 Å². The highest BCUT2D eigenvalue weighted by Crippen LogP contribution is 2.35. The summed E-state index contributed by atoms with van der Waals surface area (Å²) < 4.78 is 0. The van der Waals surface area contributed by atoms with Gasteiger partial charge in [0, 0.05) is 6.04 Å². The van der Waals surface area contributed by atoms with E-state index in [2.05, 4.69) is 0 Å². The first kappa shape index (κ1) is 10.2. The third-order valence-corrected chi connectivity index (χ3v) is 2.14. The first-order chi connectivity index (χ1) is 6.02. The van der Waals surface area contributed by atoms with Gasteiger partial charge in [0.25, 0.3) is 0 Å². The fourth-order valence-corrected chi connectivity index (χ4v) is 1.34. The fourth-order valence-electron chi connectivity index (χ4n) is 1.10. The Morgan fingerprint density at radius 2 is 2.08 bits per heavy atom. The number of rotatable bonds is 2. The van der Waals surface area contributed by atoms with Gasteiger partial charge in [-0.15, -0.1) is 0 Å². The molecule has 13 heavy (non-hydrogen) atoms. The van der Waals surface area contributed by atoms with Crippen molar-refractivity contribution in [2.24, 2.45) is 5.73 Å². The average Bonchev–Trinajstić information content (AvgIpc) is 2.06. The van der Waals surface area contributed by atoms with Gasteiger partial charge < -0.3 is 15.9 Å². The molecule has 1 atom stereocenters. The van der Waals surface area contributed by atoms with E-state index in [4.69, 9.17) is 22.4 Å². The molecule has 0 aliphatic carbocycles. The zero-order chi connectivity index (χ0) is 10.0. The summed E-state index contributed by atoms with van der Waals surface area (Å²) in [4.78, 5) is 0. The molecule has 1 aromatic rings. The van der Waals surface area contributed by atoms with Gasteiger partial charge in [-0.1, -0.05) is 17.7 Å². The molecule has 0 aromatic heterocycles. The Morgan fingerprint density at radius 1 is 1.46 bits per heavy atom. The van der Waals surface area contributed by atoms with Gasteiger partial charge in [0.1, 0.15) is 0 Å². The van der Waals surface area contributed by atoms with Crippen LogP contribution in [0, 0.1) is 0 Å². The third kappa shape index (κ3) is 2.26. The minimum atomic E-state index is -0.278. The molecule has 0 fully saturated rings. The van der Waals surface area contributed by atoms with E-state index in [0.717, 1.165) is 5.56 Å². The first-order valence-electron chi connectivity index (χ1n) is 3.97. The van der Waals surface area contributed by atoms with Crippen molar-refractivity contribution in [1.29, 1.82) is 0 Å². The lowest BCUT2D eigenvalue weighted by molar-refractivity contribution is 0.403. The highest BCUT2D eigenvalue weighted by atomic mass is 35.5. The molecule has 0 radical (unpaired) electrons. The first-order valence-corrected chi connectivity index (χ1v) is 4.35. The van der Waals surface area contributed by atoms with E-state index in [-0.39, 0.29) is 22.6 Å². The van der Waals surface area contributed by atoms with Crippen molar-refractivity contribution in [1.82, 2.24) is 0 Å². The van der Waals surface area contributed by atoms with Gasteiger partial charge in [0.05, 0.1) is 5.02 Å². The molecule has 1 rings (SSSR count). The smallest absolute Gasteiger partial charge is 0.176 e. The summed E-state index contributed by atoms with van der Waals surface area (Å²) in [6.07, 6.45) is 0.576. The molecule has 72 valence electrons. The predicted molar refractivity (Wildman–Crippen MR) is 52.1 cm³/mol. The summed E-state index contributed by atoms with van der Waals surface area (Å²) in [5, 5.41) is 18.5. The number of aromatic hydroxyl groups is 2. The molecule has 0 aliphatic rings. The monoisotopic (exact) mass is 201 g/mol. The quantitative estimate of drug-likeness (QED) is 0.638. The Hall–Kier alpha value is -0.930. The lowest BCUT2D eigenvalue weighted by atomic mass is 10.1. The van der Waals surface area contributed by atoms with Gasteiger partial charge in [0.15, 0.2) is 11.5 Å². The molecule has 0 heterocycles. The summed E-state index contributed by atoms with van der Waals surface area (Å²) in [5.74, 6) is -0.488. The Morgan fingerprint density at radius 3 is 2.62 bits per heavy atom. The van der Waals surface area contributed by atoms with Crippen molar-refractivity contribution in [3.63, 3.8) is 0 Å². The summed E-state index contributed by atoms with van der Waals surface area (Å²) in [6.45, 7) is 1.85. The van der Waals surface area contributed by atoms with Crippen LogP contribution in [0.15, 0.2) is 12.1 Å². The SMILES string of the molecule is C[C@@H](N)Cc1ccc(O)c(O)c1Cl. The van der Waals surface area contributed by atoms with Crippen molar-refractivity contribution < 1.29 is 10.2 Å². The van der Waals surface area contributed by atoms with Crippen molar-refractivity contribution >= 4 is 11.6 Å². The standard InChI is InChI=1S/C9H12ClNO2/c1-5(11)4-6-2-3-7(12)9(13)8(6)10/h2-3,5,12-13H,4,11H2,1H3/t5-/m1/s1. The molecule has 4 heteroatoms. The van der Waals surface area contributed by atoms with Crippen molar-refractivity contribution in [3.8, 4) is 11.5 Å². The van der Waals surface area contributed by atoms with E-state index in [1.54, 1.807) is 6.07 Å². The number of benzene rings is 1. The second-order valence-corrected chi connectivity index (χ2v) is 3.47. The van der Waals surface area contributed by atoms with E-state index in [1.807, 2.05) is 6.92 Å². The maximum absolute atomic E-state index is 9.28. The van der Waals surface area contributed by atoms with Gasteiger partial charge in [-0.25, -0.2) is 0 Å². The molecule has 0 saturated heterocycles. The van der Waals surface area contributed by atoms with Crippen LogP contribution in [0.3, 0.4) is 0 Å². The largest absolute Gasteiger partial charge is 0.504 e. The summed E-state index contributed by atoms with van der Waals surface area (Å²) in [6, 6.07) is 3.03. The maximum Gasteiger partial charge on any atom is 0.176 e. The zero-order valence-electron chi connectivity index (χ0n) is 7.29. The molecule has 1 aromatic carbocycles. The van der Waals surface area contributed by atoms with E-state index in [9.17, 15) is 5.11 Å². The normalized spacial score (nSPS) is 12.8. The van der Waals surface area contributed by atoms with Crippen LogP contribution in [-0.2, 0) is 6.42 Å². The second kappa shape index (κ2) is 3.85. The lowest BCUT2D eigenvalue weighted by Gasteiger charge is -2.09. The number of hydrogen-bond acceptors (Lipinski definition) is 3. The number of halogens is 1. The average molecular weight is 202 g/mol. The molecule has 0 amide bonds. The second-order valence-electron chi connectivity index (χ2n) is 3.09. The zero-order valence-corrected chi connectivity index (χ0v) is 8.04. The van der Waals surface area contributed by atoms with Crippen LogP contribution in [0.2, 0.25) is 5.02 Å². The van der Waals surface area contributed by atoms with E-state index in [0.29, 0.717) is 6.42 Å². The minimum Gasteiger partial charge on any atom is -0.504 e. The molecule has 0 saturated carbocycles. The minimum absolute atomic E-state index is 0.0264. The summed E-state index contributed by atoms with van der Waals surface area (Å²) >= 11 is 5.78. The molecule has 4 N–H and O–H groups in total. The number of hydrogen-bond donors (Lipinski definition) is 3. The lowest BCUT2D eigenvalue weighted by Crippen LogP contribution is -2.17. The van der Waals surface area contributed by atoms with Crippen LogP contribution >= 0.6 is 11.6 Å².